The fourth-order valence-corrected chi connectivity index (χ4v) is 4.10. The Hall–Kier alpha value is -3.03. The standard InChI is InChI=1S/C22H26FN5O2/c1-15-18(16(2)28-22(26-15)24-14-25-28)9-10-21(29)27-11-5-6-17(12-27)13-30-20-8-4-3-7-19(20)23/h3-4,7-8,14,17H,5-6,9-13H2,1-2H3/t17-/m1/s1. The van der Waals surface area contributed by atoms with E-state index in [1.165, 1.54) is 12.4 Å². The van der Waals surface area contributed by atoms with Crippen LogP contribution in [0.2, 0.25) is 0 Å². The van der Waals surface area contributed by atoms with E-state index in [0.717, 1.165) is 36.3 Å². The summed E-state index contributed by atoms with van der Waals surface area (Å²) in [7, 11) is 0. The molecule has 8 heteroatoms. The van der Waals surface area contributed by atoms with Crippen LogP contribution in [0.5, 0.6) is 5.75 Å². The quantitative estimate of drug-likeness (QED) is 0.623. The Kier molecular flexibility index (Phi) is 5.92. The SMILES string of the molecule is Cc1nc2ncnn2c(C)c1CCC(=O)N1CCC[C@@H](COc2ccccc2F)C1. The molecule has 0 radical (unpaired) electrons. The van der Waals surface area contributed by atoms with Crippen molar-refractivity contribution >= 4 is 11.7 Å². The van der Waals surface area contributed by atoms with E-state index in [1.807, 2.05) is 18.7 Å². The zero-order valence-electron chi connectivity index (χ0n) is 17.3. The first-order chi connectivity index (χ1) is 14.5. The molecule has 3 heterocycles. The molecular weight excluding hydrogens is 385 g/mol. The summed E-state index contributed by atoms with van der Waals surface area (Å²) in [5.74, 6) is 0.823. The van der Waals surface area contributed by atoms with Crippen molar-refractivity contribution < 1.29 is 13.9 Å². The van der Waals surface area contributed by atoms with Crippen molar-refractivity contribution in [3.05, 3.63) is 53.4 Å². The minimum absolute atomic E-state index is 0.128. The highest BCUT2D eigenvalue weighted by atomic mass is 19.1. The highest BCUT2D eigenvalue weighted by Crippen LogP contribution is 2.22. The lowest BCUT2D eigenvalue weighted by atomic mass is 9.98. The highest BCUT2D eigenvalue weighted by Gasteiger charge is 2.24. The van der Waals surface area contributed by atoms with Crippen molar-refractivity contribution in [3.8, 4) is 5.75 Å². The lowest BCUT2D eigenvalue weighted by Crippen LogP contribution is -2.41. The van der Waals surface area contributed by atoms with Crippen molar-refractivity contribution in [2.45, 2.75) is 39.5 Å². The number of carbonyl (C=O) groups is 1. The summed E-state index contributed by atoms with van der Waals surface area (Å²) in [5, 5.41) is 4.21. The minimum Gasteiger partial charge on any atom is -0.490 e. The molecular formula is C22H26FN5O2. The molecule has 30 heavy (non-hydrogen) atoms. The number of amides is 1. The molecule has 0 N–H and O–H groups in total. The zero-order valence-corrected chi connectivity index (χ0v) is 17.3. The van der Waals surface area contributed by atoms with Gasteiger partial charge in [-0.05, 0) is 50.8 Å². The fourth-order valence-electron chi connectivity index (χ4n) is 4.10. The summed E-state index contributed by atoms with van der Waals surface area (Å²) in [5.41, 5.74) is 2.89. The van der Waals surface area contributed by atoms with Gasteiger partial charge in [-0.15, -0.1) is 0 Å². The van der Waals surface area contributed by atoms with Gasteiger partial charge < -0.3 is 9.64 Å². The Morgan fingerprint density at radius 1 is 1.30 bits per heavy atom. The number of halogens is 1. The number of aromatic nitrogens is 4. The van der Waals surface area contributed by atoms with E-state index in [0.29, 0.717) is 31.8 Å². The molecule has 158 valence electrons. The Morgan fingerprint density at radius 2 is 2.13 bits per heavy atom. The topological polar surface area (TPSA) is 72.6 Å². The molecule has 7 nitrogen and oxygen atoms in total. The molecule has 1 atom stereocenters. The van der Waals surface area contributed by atoms with Crippen molar-refractivity contribution in [2.24, 2.45) is 5.92 Å². The number of aryl methyl sites for hydroxylation is 2. The first-order valence-electron chi connectivity index (χ1n) is 10.3. The lowest BCUT2D eigenvalue weighted by Gasteiger charge is -2.33. The van der Waals surface area contributed by atoms with Crippen LogP contribution in [0.3, 0.4) is 0 Å². The molecule has 1 aliphatic heterocycles. The Morgan fingerprint density at radius 3 is 2.97 bits per heavy atom. The van der Waals surface area contributed by atoms with E-state index in [1.54, 1.807) is 22.7 Å². The average Bonchev–Trinajstić information content (AvgIpc) is 3.21. The summed E-state index contributed by atoms with van der Waals surface area (Å²) in [6, 6.07) is 6.42. The van der Waals surface area contributed by atoms with Gasteiger partial charge in [0.05, 0.1) is 6.61 Å². The van der Waals surface area contributed by atoms with E-state index in [2.05, 4.69) is 15.1 Å². The molecule has 1 aliphatic rings. The van der Waals surface area contributed by atoms with Crippen molar-refractivity contribution in [3.63, 3.8) is 0 Å². The van der Waals surface area contributed by atoms with Crippen LogP contribution in [0.25, 0.3) is 5.78 Å². The number of likely N-dealkylation sites (tertiary alicyclic amines) is 1. The summed E-state index contributed by atoms with van der Waals surface area (Å²) in [6.45, 7) is 5.74. The van der Waals surface area contributed by atoms with Gasteiger partial charge in [0.15, 0.2) is 11.6 Å². The van der Waals surface area contributed by atoms with Crippen LogP contribution in [0.1, 0.15) is 36.2 Å². The molecule has 0 bridgehead atoms. The number of nitrogens with zero attached hydrogens (tertiary/aromatic N) is 5. The van der Waals surface area contributed by atoms with Crippen LogP contribution in [0.15, 0.2) is 30.6 Å². The molecule has 0 aliphatic carbocycles. The van der Waals surface area contributed by atoms with Crippen molar-refractivity contribution in [1.82, 2.24) is 24.5 Å². The summed E-state index contributed by atoms with van der Waals surface area (Å²) in [6.07, 6.45) is 4.43. The summed E-state index contributed by atoms with van der Waals surface area (Å²) in [4.78, 5) is 23.4. The number of rotatable bonds is 6. The zero-order chi connectivity index (χ0) is 21.1. The van der Waals surface area contributed by atoms with Gasteiger partial charge in [-0.2, -0.15) is 10.1 Å². The number of piperidine rings is 1. The van der Waals surface area contributed by atoms with Crippen molar-refractivity contribution in [1.29, 1.82) is 0 Å². The first kappa shape index (κ1) is 20.3. The molecule has 2 aromatic heterocycles. The second-order valence-corrected chi connectivity index (χ2v) is 7.82. The van der Waals surface area contributed by atoms with Gasteiger partial charge in [0.2, 0.25) is 5.91 Å². The van der Waals surface area contributed by atoms with E-state index in [4.69, 9.17) is 4.74 Å². The third-order valence-corrected chi connectivity index (χ3v) is 5.76. The molecule has 0 spiro atoms. The third kappa shape index (κ3) is 4.27. The van der Waals surface area contributed by atoms with E-state index < -0.39 is 0 Å². The lowest BCUT2D eigenvalue weighted by molar-refractivity contribution is -0.133. The smallest absolute Gasteiger partial charge is 0.252 e. The number of para-hydroxylation sites is 1. The number of hydrogen-bond donors (Lipinski definition) is 0. The summed E-state index contributed by atoms with van der Waals surface area (Å²) < 4.78 is 21.1. The monoisotopic (exact) mass is 411 g/mol. The fraction of sp³-hybridized carbons (Fsp3) is 0.455. The second kappa shape index (κ2) is 8.77. The summed E-state index contributed by atoms with van der Waals surface area (Å²) >= 11 is 0. The van der Waals surface area contributed by atoms with E-state index in [-0.39, 0.29) is 23.4 Å². The molecule has 1 fully saturated rings. The number of hydrogen-bond acceptors (Lipinski definition) is 5. The van der Waals surface area contributed by atoms with Gasteiger partial charge in [0.1, 0.15) is 6.33 Å². The maximum atomic E-state index is 13.7. The van der Waals surface area contributed by atoms with Crippen LogP contribution in [0.4, 0.5) is 4.39 Å². The predicted molar refractivity (Wildman–Crippen MR) is 110 cm³/mol. The molecule has 4 rings (SSSR count). The van der Waals surface area contributed by atoms with Crippen LogP contribution >= 0.6 is 0 Å². The number of benzene rings is 1. The van der Waals surface area contributed by atoms with Gasteiger partial charge in [-0.1, -0.05) is 12.1 Å². The number of ether oxygens (including phenoxy) is 1. The largest absolute Gasteiger partial charge is 0.490 e. The minimum atomic E-state index is -0.357. The van der Waals surface area contributed by atoms with Gasteiger partial charge in [-0.25, -0.2) is 13.9 Å². The molecule has 3 aromatic rings. The molecule has 1 amide bonds. The third-order valence-electron chi connectivity index (χ3n) is 5.76. The highest BCUT2D eigenvalue weighted by molar-refractivity contribution is 5.76. The Bertz CT molecular complexity index is 1050. The first-order valence-corrected chi connectivity index (χ1v) is 10.3. The predicted octanol–water partition coefficient (Wildman–Crippen LogP) is 3.13. The van der Waals surface area contributed by atoms with E-state index >= 15 is 0 Å². The Balaban J connectivity index is 1.34. The number of fused-ring (bicyclic) bond motifs is 1. The normalized spacial score (nSPS) is 16.8. The van der Waals surface area contributed by atoms with Crippen LogP contribution in [0, 0.1) is 25.6 Å². The molecule has 0 unspecified atom stereocenters. The second-order valence-electron chi connectivity index (χ2n) is 7.82. The average molecular weight is 411 g/mol. The molecule has 0 saturated carbocycles. The van der Waals surface area contributed by atoms with Crippen molar-refractivity contribution in [2.75, 3.05) is 19.7 Å². The van der Waals surface area contributed by atoms with Crippen LogP contribution in [-0.2, 0) is 11.2 Å². The Labute approximate surface area is 174 Å². The maximum Gasteiger partial charge on any atom is 0.252 e. The molecule has 1 saturated heterocycles. The molecule has 1 aromatic carbocycles. The van der Waals surface area contributed by atoms with Crippen LogP contribution in [-0.4, -0.2) is 50.1 Å². The van der Waals surface area contributed by atoms with Gasteiger partial charge in [0.25, 0.3) is 5.78 Å². The van der Waals surface area contributed by atoms with E-state index in [9.17, 15) is 9.18 Å². The number of carbonyl (C=O) groups excluding carboxylic acids is 1. The van der Waals surface area contributed by atoms with Gasteiger partial charge in [0, 0.05) is 36.8 Å². The van der Waals surface area contributed by atoms with Gasteiger partial charge in [-0.3, -0.25) is 4.79 Å². The van der Waals surface area contributed by atoms with Gasteiger partial charge >= 0.3 is 0 Å². The van der Waals surface area contributed by atoms with Crippen LogP contribution < -0.4 is 4.74 Å². The maximum absolute atomic E-state index is 13.7.